The van der Waals surface area contributed by atoms with E-state index in [0.717, 1.165) is 6.42 Å². The molecule has 0 atom stereocenters. The summed E-state index contributed by atoms with van der Waals surface area (Å²) in [6.45, 7) is 6.56. The van der Waals surface area contributed by atoms with Crippen LogP contribution in [0.25, 0.3) is 0 Å². The van der Waals surface area contributed by atoms with Crippen molar-refractivity contribution in [2.45, 2.75) is 38.4 Å². The van der Waals surface area contributed by atoms with Gasteiger partial charge in [0.25, 0.3) is 5.91 Å². The van der Waals surface area contributed by atoms with Crippen LogP contribution in [0, 0.1) is 0 Å². The van der Waals surface area contributed by atoms with Gasteiger partial charge in [0, 0.05) is 17.6 Å². The number of aromatic nitrogens is 3. The molecule has 0 saturated heterocycles. The van der Waals surface area contributed by atoms with Gasteiger partial charge in [-0.3, -0.25) is 9.59 Å². The van der Waals surface area contributed by atoms with Crippen LogP contribution in [0.2, 0.25) is 5.02 Å². The molecule has 1 heterocycles. The molecule has 1 aromatic heterocycles. The van der Waals surface area contributed by atoms with E-state index in [1.165, 1.54) is 11.8 Å². The van der Waals surface area contributed by atoms with E-state index in [1.807, 2.05) is 25.3 Å². The summed E-state index contributed by atoms with van der Waals surface area (Å²) in [4.78, 5) is 24.6. The van der Waals surface area contributed by atoms with E-state index in [2.05, 4.69) is 20.8 Å². The number of rotatable bonds is 8. The average Bonchev–Trinajstić information content (AvgIpc) is 3.07. The van der Waals surface area contributed by atoms with Gasteiger partial charge in [0.1, 0.15) is 6.33 Å². The summed E-state index contributed by atoms with van der Waals surface area (Å²) in [5, 5.41) is 14.6. The molecule has 26 heavy (non-hydrogen) atoms. The highest BCUT2D eigenvalue weighted by atomic mass is 35.5. The summed E-state index contributed by atoms with van der Waals surface area (Å²) >= 11 is 7.30. The highest BCUT2D eigenvalue weighted by molar-refractivity contribution is 7.99. The Balaban J connectivity index is 2.05. The first-order valence-electron chi connectivity index (χ1n) is 8.32. The SMILES string of the molecule is CCCNC(=O)c1ccc(Cl)cc1NC(=O)CSc1nncn1C(C)C. The summed E-state index contributed by atoms with van der Waals surface area (Å²) in [7, 11) is 0. The molecule has 0 aliphatic rings. The highest BCUT2D eigenvalue weighted by Gasteiger charge is 2.15. The molecular weight excluding hydrogens is 374 g/mol. The van der Waals surface area contributed by atoms with Gasteiger partial charge in [-0.2, -0.15) is 0 Å². The van der Waals surface area contributed by atoms with E-state index in [0.29, 0.717) is 28.0 Å². The molecule has 0 bridgehead atoms. The van der Waals surface area contributed by atoms with Gasteiger partial charge in [0.15, 0.2) is 5.16 Å². The molecule has 2 amide bonds. The zero-order valence-electron chi connectivity index (χ0n) is 15.0. The van der Waals surface area contributed by atoms with Gasteiger partial charge in [0.2, 0.25) is 5.91 Å². The molecule has 9 heteroatoms. The molecule has 0 unspecified atom stereocenters. The van der Waals surface area contributed by atoms with Gasteiger partial charge in [-0.25, -0.2) is 0 Å². The number of halogens is 1. The van der Waals surface area contributed by atoms with Crippen LogP contribution in [0.3, 0.4) is 0 Å². The summed E-state index contributed by atoms with van der Waals surface area (Å²) in [6.07, 6.45) is 2.46. The predicted molar refractivity (Wildman–Crippen MR) is 104 cm³/mol. The number of carbonyl (C=O) groups excluding carboxylic acids is 2. The normalized spacial score (nSPS) is 10.8. The standard InChI is InChI=1S/C17H22ClN5O2S/c1-4-7-19-16(25)13-6-5-12(18)8-14(13)21-15(24)9-26-17-22-20-10-23(17)11(2)3/h5-6,8,10-11H,4,7,9H2,1-3H3,(H,19,25)(H,21,24). The minimum Gasteiger partial charge on any atom is -0.352 e. The summed E-state index contributed by atoms with van der Waals surface area (Å²) in [5.41, 5.74) is 0.772. The van der Waals surface area contributed by atoms with Gasteiger partial charge in [-0.05, 0) is 38.5 Å². The lowest BCUT2D eigenvalue weighted by Crippen LogP contribution is -2.26. The quantitative estimate of drug-likeness (QED) is 0.669. The second kappa shape index (κ2) is 9.59. The molecule has 0 spiro atoms. The molecule has 0 aliphatic carbocycles. The molecule has 0 saturated carbocycles. The number of anilines is 1. The van der Waals surface area contributed by atoms with E-state index >= 15 is 0 Å². The number of hydrogen-bond acceptors (Lipinski definition) is 5. The molecule has 0 fully saturated rings. The van der Waals surface area contributed by atoms with E-state index in [4.69, 9.17) is 11.6 Å². The van der Waals surface area contributed by atoms with Gasteiger partial charge < -0.3 is 15.2 Å². The van der Waals surface area contributed by atoms with Crippen molar-refractivity contribution in [3.63, 3.8) is 0 Å². The Bertz CT molecular complexity index is 778. The maximum absolute atomic E-state index is 12.3. The molecule has 0 aliphatic heterocycles. The number of amides is 2. The molecule has 140 valence electrons. The molecule has 2 aromatic rings. The number of carbonyl (C=O) groups is 2. The fourth-order valence-electron chi connectivity index (χ4n) is 2.16. The topological polar surface area (TPSA) is 88.9 Å². The van der Waals surface area contributed by atoms with Crippen molar-refractivity contribution in [2.75, 3.05) is 17.6 Å². The highest BCUT2D eigenvalue weighted by Crippen LogP contribution is 2.23. The summed E-state index contributed by atoms with van der Waals surface area (Å²) < 4.78 is 1.89. The smallest absolute Gasteiger partial charge is 0.253 e. The van der Waals surface area contributed by atoms with Crippen LogP contribution in [0.1, 0.15) is 43.6 Å². The predicted octanol–water partition coefficient (Wildman–Crippen LogP) is 3.38. The first kappa shape index (κ1) is 20.3. The van der Waals surface area contributed by atoms with Crippen molar-refractivity contribution in [2.24, 2.45) is 0 Å². The molecule has 7 nitrogen and oxygen atoms in total. The van der Waals surface area contributed by atoms with E-state index in [-0.39, 0.29) is 23.6 Å². The largest absolute Gasteiger partial charge is 0.352 e. The summed E-state index contributed by atoms with van der Waals surface area (Å²) in [6, 6.07) is 5.00. The number of nitrogens with zero attached hydrogens (tertiary/aromatic N) is 3. The Morgan fingerprint density at radius 1 is 1.35 bits per heavy atom. The lowest BCUT2D eigenvalue weighted by atomic mass is 10.1. The van der Waals surface area contributed by atoms with Crippen LogP contribution in [0.5, 0.6) is 0 Å². The van der Waals surface area contributed by atoms with Crippen molar-refractivity contribution >= 4 is 40.9 Å². The Hall–Kier alpha value is -2.06. The van der Waals surface area contributed by atoms with Crippen LogP contribution in [0.15, 0.2) is 29.7 Å². The molecular formula is C17H22ClN5O2S. The monoisotopic (exact) mass is 395 g/mol. The molecule has 0 radical (unpaired) electrons. The van der Waals surface area contributed by atoms with Crippen molar-refractivity contribution in [1.82, 2.24) is 20.1 Å². The third kappa shape index (κ3) is 5.47. The van der Waals surface area contributed by atoms with Crippen LogP contribution < -0.4 is 10.6 Å². The van der Waals surface area contributed by atoms with Crippen LogP contribution >= 0.6 is 23.4 Å². The first-order valence-corrected chi connectivity index (χ1v) is 9.68. The van der Waals surface area contributed by atoms with Crippen LogP contribution in [0.4, 0.5) is 5.69 Å². The Morgan fingerprint density at radius 3 is 2.81 bits per heavy atom. The van der Waals surface area contributed by atoms with Gasteiger partial charge in [-0.1, -0.05) is 30.3 Å². The second-order valence-corrected chi connectivity index (χ2v) is 7.28. The second-order valence-electron chi connectivity index (χ2n) is 5.90. The Morgan fingerprint density at radius 2 is 2.12 bits per heavy atom. The maximum atomic E-state index is 12.3. The Kier molecular flexibility index (Phi) is 7.47. The summed E-state index contributed by atoms with van der Waals surface area (Å²) in [5.74, 6) is -0.348. The van der Waals surface area contributed by atoms with Crippen molar-refractivity contribution in [3.05, 3.63) is 35.1 Å². The Labute approximate surface area is 161 Å². The van der Waals surface area contributed by atoms with Crippen LogP contribution in [-0.4, -0.2) is 38.9 Å². The zero-order chi connectivity index (χ0) is 19.1. The fraction of sp³-hybridized carbons (Fsp3) is 0.412. The zero-order valence-corrected chi connectivity index (χ0v) is 16.5. The fourth-order valence-corrected chi connectivity index (χ4v) is 3.17. The minimum atomic E-state index is -0.250. The van der Waals surface area contributed by atoms with E-state index < -0.39 is 0 Å². The van der Waals surface area contributed by atoms with E-state index in [1.54, 1.807) is 24.5 Å². The molecule has 2 N–H and O–H groups in total. The third-order valence-electron chi connectivity index (χ3n) is 3.46. The molecule has 2 rings (SSSR count). The number of hydrogen-bond donors (Lipinski definition) is 2. The third-order valence-corrected chi connectivity index (χ3v) is 4.66. The van der Waals surface area contributed by atoms with Gasteiger partial charge in [0.05, 0.1) is 17.0 Å². The van der Waals surface area contributed by atoms with Gasteiger partial charge in [-0.15, -0.1) is 10.2 Å². The van der Waals surface area contributed by atoms with Crippen LogP contribution in [-0.2, 0) is 4.79 Å². The number of thioether (sulfide) groups is 1. The maximum Gasteiger partial charge on any atom is 0.253 e. The lowest BCUT2D eigenvalue weighted by Gasteiger charge is -2.12. The van der Waals surface area contributed by atoms with Crippen molar-refractivity contribution in [1.29, 1.82) is 0 Å². The number of nitrogens with one attached hydrogen (secondary N) is 2. The van der Waals surface area contributed by atoms with Gasteiger partial charge >= 0.3 is 0 Å². The molecule has 1 aromatic carbocycles. The van der Waals surface area contributed by atoms with E-state index in [9.17, 15) is 9.59 Å². The van der Waals surface area contributed by atoms with Crippen molar-refractivity contribution in [3.8, 4) is 0 Å². The minimum absolute atomic E-state index is 0.147. The first-order chi connectivity index (χ1) is 12.4. The number of benzene rings is 1. The van der Waals surface area contributed by atoms with Crippen molar-refractivity contribution < 1.29 is 9.59 Å². The average molecular weight is 396 g/mol. The lowest BCUT2D eigenvalue weighted by molar-refractivity contribution is -0.113.